The Labute approximate surface area is 89.4 Å². The highest BCUT2D eigenvalue weighted by atomic mass is 16.3. The second-order valence-corrected chi connectivity index (χ2v) is 5.17. The van der Waals surface area contributed by atoms with Gasteiger partial charge in [-0.05, 0) is 31.7 Å². The molecular weight excluding hydrogens is 188 g/mol. The normalized spacial score (nSPS) is 42.5. The lowest BCUT2D eigenvalue weighted by Gasteiger charge is -2.56. The van der Waals surface area contributed by atoms with Crippen LogP contribution in [0.5, 0.6) is 0 Å². The Morgan fingerprint density at radius 1 is 1.13 bits per heavy atom. The van der Waals surface area contributed by atoms with Gasteiger partial charge in [-0.2, -0.15) is 0 Å². The quantitative estimate of drug-likeness (QED) is 0.755. The van der Waals surface area contributed by atoms with Crippen molar-refractivity contribution in [2.24, 2.45) is 0 Å². The number of rotatable bonds is 1. The first kappa shape index (κ1) is 8.22. The van der Waals surface area contributed by atoms with Gasteiger partial charge in [-0.15, -0.1) is 0 Å². The van der Waals surface area contributed by atoms with Crippen LogP contribution in [0.15, 0.2) is 22.8 Å². The van der Waals surface area contributed by atoms with Crippen LogP contribution in [-0.4, -0.2) is 24.2 Å². The van der Waals surface area contributed by atoms with E-state index < -0.39 is 0 Å². The first-order chi connectivity index (χ1) is 7.40. The topological polar surface area (TPSA) is 28.4 Å². The molecule has 1 N–H and O–H groups in total. The van der Waals surface area contributed by atoms with Gasteiger partial charge in [0.15, 0.2) is 5.88 Å². The third-order valence-corrected chi connectivity index (χ3v) is 4.25. The van der Waals surface area contributed by atoms with Crippen molar-refractivity contribution in [2.45, 2.75) is 49.9 Å². The van der Waals surface area contributed by atoms with Gasteiger partial charge in [0.05, 0.1) is 6.26 Å². The van der Waals surface area contributed by atoms with Gasteiger partial charge in [-0.3, -0.25) is 0 Å². The molecule has 4 saturated heterocycles. The molecule has 1 aromatic rings. The summed E-state index contributed by atoms with van der Waals surface area (Å²) in [6.45, 7) is 0. The van der Waals surface area contributed by atoms with Crippen LogP contribution in [0.25, 0.3) is 0 Å². The third kappa shape index (κ3) is 1.10. The molecule has 4 bridgehead atoms. The van der Waals surface area contributed by atoms with Gasteiger partial charge in [0.25, 0.3) is 0 Å². The summed E-state index contributed by atoms with van der Waals surface area (Å²) in [5.41, 5.74) is 0. The fourth-order valence-corrected chi connectivity index (χ4v) is 3.83. The van der Waals surface area contributed by atoms with Crippen molar-refractivity contribution in [1.29, 1.82) is 0 Å². The van der Waals surface area contributed by atoms with Gasteiger partial charge in [0.2, 0.25) is 0 Å². The van der Waals surface area contributed by atoms with Gasteiger partial charge in [0, 0.05) is 30.2 Å². The smallest absolute Gasteiger partial charge is 0.195 e. The number of piperidine rings is 4. The van der Waals surface area contributed by atoms with Crippen molar-refractivity contribution in [3.8, 4) is 0 Å². The molecule has 0 saturated carbocycles. The maximum atomic E-state index is 5.56. The highest BCUT2D eigenvalue weighted by molar-refractivity contribution is 5.41. The Hall–Kier alpha value is -0.960. The van der Waals surface area contributed by atoms with Crippen LogP contribution >= 0.6 is 0 Å². The summed E-state index contributed by atoms with van der Waals surface area (Å²) in [6, 6.07) is 7.10. The minimum Gasteiger partial charge on any atom is -0.449 e. The summed E-state index contributed by atoms with van der Waals surface area (Å²) in [7, 11) is 0. The Morgan fingerprint density at radius 3 is 2.33 bits per heavy atom. The minimum atomic E-state index is 0.722. The molecule has 4 fully saturated rings. The second kappa shape index (κ2) is 2.79. The molecule has 0 radical (unpaired) electrons. The fourth-order valence-electron chi connectivity index (χ4n) is 3.83. The highest BCUT2D eigenvalue weighted by Gasteiger charge is 2.47. The van der Waals surface area contributed by atoms with E-state index in [2.05, 4.69) is 16.3 Å². The van der Waals surface area contributed by atoms with Crippen molar-refractivity contribution in [2.75, 3.05) is 4.90 Å². The van der Waals surface area contributed by atoms with Crippen LogP contribution in [0.1, 0.15) is 25.7 Å². The largest absolute Gasteiger partial charge is 0.449 e. The fraction of sp³-hybridized carbons (Fsp3) is 0.667. The summed E-state index contributed by atoms with van der Waals surface area (Å²) in [6.07, 6.45) is 6.99. The molecule has 5 heterocycles. The Bertz CT molecular complexity index is 332. The van der Waals surface area contributed by atoms with Crippen molar-refractivity contribution in [3.63, 3.8) is 0 Å². The molecule has 5 rings (SSSR count). The molecule has 0 aromatic carbocycles. The number of nitrogens with one attached hydrogen (secondary N) is 1. The summed E-state index contributed by atoms with van der Waals surface area (Å²) >= 11 is 0. The lowest BCUT2D eigenvalue weighted by molar-refractivity contribution is 0.130. The zero-order valence-electron chi connectivity index (χ0n) is 8.73. The number of hydrogen-bond donors (Lipinski definition) is 1. The molecule has 15 heavy (non-hydrogen) atoms. The van der Waals surface area contributed by atoms with Crippen molar-refractivity contribution >= 4 is 5.88 Å². The van der Waals surface area contributed by atoms with Gasteiger partial charge in [-0.25, -0.2) is 0 Å². The number of nitrogens with zero attached hydrogens (tertiary/aromatic N) is 1. The van der Waals surface area contributed by atoms with Crippen LogP contribution in [0, 0.1) is 0 Å². The Balaban J connectivity index is 1.71. The van der Waals surface area contributed by atoms with Crippen LogP contribution in [0.3, 0.4) is 0 Å². The number of furan rings is 1. The summed E-state index contributed by atoms with van der Waals surface area (Å²) in [5, 5.41) is 3.72. The van der Waals surface area contributed by atoms with Gasteiger partial charge in [-0.1, -0.05) is 0 Å². The number of anilines is 1. The number of hydrogen-bond acceptors (Lipinski definition) is 3. The van der Waals surface area contributed by atoms with E-state index >= 15 is 0 Å². The lowest BCUT2D eigenvalue weighted by atomic mass is 9.74. The molecule has 80 valence electrons. The van der Waals surface area contributed by atoms with E-state index in [1.54, 1.807) is 6.26 Å². The predicted molar refractivity (Wildman–Crippen MR) is 57.9 cm³/mol. The van der Waals surface area contributed by atoms with Crippen molar-refractivity contribution in [1.82, 2.24) is 5.32 Å². The van der Waals surface area contributed by atoms with E-state index in [1.165, 1.54) is 25.7 Å². The molecule has 1 aromatic heterocycles. The molecule has 0 unspecified atom stereocenters. The predicted octanol–water partition coefficient (Wildman–Crippen LogP) is 1.75. The lowest BCUT2D eigenvalue weighted by Crippen LogP contribution is -2.67. The molecule has 4 aliphatic heterocycles. The molecule has 3 heteroatoms. The summed E-state index contributed by atoms with van der Waals surface area (Å²) in [5.74, 6) is 1.09. The van der Waals surface area contributed by atoms with E-state index in [9.17, 15) is 0 Å². The average Bonchev–Trinajstić information content (AvgIpc) is 2.69. The van der Waals surface area contributed by atoms with Crippen LogP contribution in [0.2, 0.25) is 0 Å². The highest BCUT2D eigenvalue weighted by Crippen LogP contribution is 2.41. The molecule has 3 nitrogen and oxygen atoms in total. The summed E-state index contributed by atoms with van der Waals surface area (Å²) in [4.78, 5) is 2.54. The first-order valence-electron chi connectivity index (χ1n) is 5.98. The molecule has 0 amide bonds. The first-order valence-corrected chi connectivity index (χ1v) is 5.98. The van der Waals surface area contributed by atoms with Crippen molar-refractivity contribution < 1.29 is 4.42 Å². The molecule has 0 aliphatic carbocycles. The van der Waals surface area contributed by atoms with Crippen LogP contribution < -0.4 is 10.2 Å². The zero-order valence-corrected chi connectivity index (χ0v) is 8.73. The molecule has 0 atom stereocenters. The monoisotopic (exact) mass is 204 g/mol. The standard InChI is InChI=1S/C12H16N2O/c1-2-12(15-3-1)14-10-4-8-5-11(14)7-9(6-10)13-8/h1-3,8-11,13H,4-7H2. The van der Waals surface area contributed by atoms with Gasteiger partial charge in [0.1, 0.15) is 0 Å². The zero-order chi connectivity index (χ0) is 9.83. The summed E-state index contributed by atoms with van der Waals surface area (Å²) < 4.78 is 5.56. The van der Waals surface area contributed by atoms with E-state index in [1.807, 2.05) is 6.07 Å². The molecule has 4 aliphatic rings. The van der Waals surface area contributed by atoms with Gasteiger partial charge < -0.3 is 14.6 Å². The molecular formula is C12H16N2O. The maximum absolute atomic E-state index is 5.56. The molecule has 0 spiro atoms. The van der Waals surface area contributed by atoms with E-state index in [0.717, 1.165) is 30.1 Å². The van der Waals surface area contributed by atoms with Crippen LogP contribution in [-0.2, 0) is 0 Å². The van der Waals surface area contributed by atoms with Gasteiger partial charge >= 0.3 is 0 Å². The van der Waals surface area contributed by atoms with E-state index in [-0.39, 0.29) is 0 Å². The average molecular weight is 204 g/mol. The maximum Gasteiger partial charge on any atom is 0.195 e. The van der Waals surface area contributed by atoms with E-state index in [4.69, 9.17) is 4.42 Å². The van der Waals surface area contributed by atoms with E-state index in [0.29, 0.717) is 0 Å². The third-order valence-electron chi connectivity index (χ3n) is 4.25. The Kier molecular flexibility index (Phi) is 1.53. The van der Waals surface area contributed by atoms with Crippen molar-refractivity contribution in [3.05, 3.63) is 18.4 Å². The Morgan fingerprint density at radius 2 is 1.80 bits per heavy atom. The second-order valence-electron chi connectivity index (χ2n) is 5.17. The SMILES string of the molecule is c1coc(N2C3CC4CC2CC(C3)N4)c1. The minimum absolute atomic E-state index is 0.722. The van der Waals surface area contributed by atoms with Crippen LogP contribution in [0.4, 0.5) is 5.88 Å².